The monoisotopic (exact) mass is 296 g/mol. The second kappa shape index (κ2) is 5.02. The number of phenolic OH excluding ortho intramolecular Hbond substituents is 1. The van der Waals surface area contributed by atoms with E-state index in [0.29, 0.717) is 5.56 Å². The van der Waals surface area contributed by atoms with E-state index in [-0.39, 0.29) is 16.9 Å². The zero-order chi connectivity index (χ0) is 15.8. The fraction of sp³-hybridized carbons (Fsp3) is 0.333. The Bertz CT molecular complexity index is 643. The van der Waals surface area contributed by atoms with Gasteiger partial charge in [0, 0.05) is 5.56 Å². The Labute approximate surface area is 120 Å². The predicted octanol–water partition coefficient (Wildman–Crippen LogP) is 4.17. The van der Waals surface area contributed by atoms with Crippen LogP contribution in [0.4, 0.5) is 13.2 Å². The molecule has 2 rings (SSSR count). The van der Waals surface area contributed by atoms with Crippen molar-refractivity contribution in [1.29, 1.82) is 0 Å². The highest BCUT2D eigenvalue weighted by Gasteiger charge is 2.33. The van der Waals surface area contributed by atoms with Gasteiger partial charge >= 0.3 is 6.18 Å². The number of nitrogens with zero attached hydrogens (tertiary/aromatic N) is 2. The van der Waals surface area contributed by atoms with Crippen LogP contribution in [0.2, 0.25) is 0 Å². The molecule has 0 saturated heterocycles. The van der Waals surface area contributed by atoms with Crippen molar-refractivity contribution in [3.05, 3.63) is 41.6 Å². The van der Waals surface area contributed by atoms with Gasteiger partial charge in [0.2, 0.25) is 0 Å². The summed E-state index contributed by atoms with van der Waals surface area (Å²) in [5, 5.41) is 16.6. The Hall–Kier alpha value is -2.11. The summed E-state index contributed by atoms with van der Waals surface area (Å²) in [6.07, 6.45) is -4.53. The summed E-state index contributed by atoms with van der Waals surface area (Å²) in [5.74, 6) is -0.0444. The Morgan fingerprint density at radius 2 is 1.62 bits per heavy atom. The lowest BCUT2D eigenvalue weighted by atomic mass is 9.85. The minimum Gasteiger partial charge on any atom is -0.507 e. The van der Waals surface area contributed by atoms with Gasteiger partial charge in [-0.1, -0.05) is 26.8 Å². The Morgan fingerprint density at radius 3 is 2.10 bits per heavy atom. The quantitative estimate of drug-likeness (QED) is 0.859. The number of aromatic nitrogens is 2. The first-order valence-electron chi connectivity index (χ1n) is 6.34. The van der Waals surface area contributed by atoms with E-state index in [0.717, 1.165) is 11.6 Å². The first-order valence-corrected chi connectivity index (χ1v) is 6.34. The summed E-state index contributed by atoms with van der Waals surface area (Å²) in [7, 11) is 0. The average Bonchev–Trinajstić information content (AvgIpc) is 2.37. The predicted molar refractivity (Wildman–Crippen MR) is 72.8 cm³/mol. The van der Waals surface area contributed by atoms with Crippen molar-refractivity contribution >= 4 is 0 Å². The second-order valence-corrected chi connectivity index (χ2v) is 5.78. The molecule has 0 amide bonds. The van der Waals surface area contributed by atoms with Gasteiger partial charge in [0.25, 0.3) is 0 Å². The van der Waals surface area contributed by atoms with E-state index < -0.39 is 11.9 Å². The molecule has 1 aromatic carbocycles. The van der Waals surface area contributed by atoms with Crippen molar-refractivity contribution in [2.75, 3.05) is 0 Å². The van der Waals surface area contributed by atoms with Crippen LogP contribution >= 0.6 is 0 Å². The summed E-state index contributed by atoms with van der Waals surface area (Å²) in [5.41, 5.74) is 0.298. The van der Waals surface area contributed by atoms with Crippen LogP contribution in [-0.4, -0.2) is 15.3 Å². The van der Waals surface area contributed by atoms with Crippen LogP contribution in [-0.2, 0) is 11.6 Å². The van der Waals surface area contributed by atoms with Crippen molar-refractivity contribution in [2.24, 2.45) is 0 Å². The minimum atomic E-state index is -4.53. The summed E-state index contributed by atoms with van der Waals surface area (Å²) >= 11 is 0. The molecule has 21 heavy (non-hydrogen) atoms. The maximum atomic E-state index is 12.5. The highest BCUT2D eigenvalue weighted by molar-refractivity contribution is 5.67. The van der Waals surface area contributed by atoms with E-state index in [1.54, 1.807) is 12.1 Å². The fourth-order valence-electron chi connectivity index (χ4n) is 1.83. The van der Waals surface area contributed by atoms with Crippen LogP contribution in [0.5, 0.6) is 5.75 Å². The van der Waals surface area contributed by atoms with Gasteiger partial charge in [-0.05, 0) is 35.2 Å². The molecule has 0 bridgehead atoms. The topological polar surface area (TPSA) is 46.0 Å². The van der Waals surface area contributed by atoms with Gasteiger partial charge in [0.1, 0.15) is 5.75 Å². The average molecular weight is 296 g/mol. The van der Waals surface area contributed by atoms with E-state index >= 15 is 0 Å². The number of hydrogen-bond acceptors (Lipinski definition) is 3. The maximum absolute atomic E-state index is 12.5. The number of hydrogen-bond donors (Lipinski definition) is 1. The summed E-state index contributed by atoms with van der Waals surface area (Å²) in [4.78, 5) is 0. The van der Waals surface area contributed by atoms with E-state index in [1.807, 2.05) is 20.8 Å². The molecule has 0 fully saturated rings. The first-order chi connectivity index (χ1) is 9.59. The molecular formula is C15H15F3N2O. The molecule has 0 spiro atoms. The number of aromatic hydroxyl groups is 1. The summed E-state index contributed by atoms with van der Waals surface area (Å²) in [6.45, 7) is 6.00. The molecule has 0 aliphatic heterocycles. The van der Waals surface area contributed by atoms with Crippen LogP contribution in [0.1, 0.15) is 32.0 Å². The first kappa shape index (κ1) is 15.3. The molecule has 0 radical (unpaired) electrons. The van der Waals surface area contributed by atoms with E-state index in [4.69, 9.17) is 0 Å². The van der Waals surface area contributed by atoms with Crippen LogP contribution in [0, 0.1) is 0 Å². The molecule has 2 aromatic rings. The molecule has 1 N–H and O–H groups in total. The smallest absolute Gasteiger partial charge is 0.435 e. The number of benzene rings is 1. The highest BCUT2D eigenvalue weighted by atomic mass is 19.4. The van der Waals surface area contributed by atoms with Gasteiger partial charge in [0.15, 0.2) is 5.69 Å². The Morgan fingerprint density at radius 1 is 0.952 bits per heavy atom. The van der Waals surface area contributed by atoms with E-state index in [9.17, 15) is 18.3 Å². The van der Waals surface area contributed by atoms with Gasteiger partial charge in [-0.2, -0.15) is 13.2 Å². The number of phenols is 1. The molecule has 3 nitrogen and oxygen atoms in total. The standard InChI is InChI=1S/C15H15F3N2O/c1-14(2,3)9-4-6-12(21)10(8-9)11-5-7-13(20-19-11)15(16,17)18/h4-8,21H,1-3H3. The van der Waals surface area contributed by atoms with Crippen molar-refractivity contribution in [3.63, 3.8) is 0 Å². The molecule has 0 aliphatic rings. The van der Waals surface area contributed by atoms with Crippen molar-refractivity contribution < 1.29 is 18.3 Å². The van der Waals surface area contributed by atoms with Crippen molar-refractivity contribution in [2.45, 2.75) is 32.4 Å². The summed E-state index contributed by atoms with van der Waals surface area (Å²) < 4.78 is 37.4. The van der Waals surface area contributed by atoms with Gasteiger partial charge in [-0.15, -0.1) is 10.2 Å². The highest BCUT2D eigenvalue weighted by Crippen LogP contribution is 2.34. The lowest BCUT2D eigenvalue weighted by Crippen LogP contribution is -2.11. The SMILES string of the molecule is CC(C)(C)c1ccc(O)c(-c2ccc(C(F)(F)F)nn2)c1. The summed E-state index contributed by atoms with van der Waals surface area (Å²) in [6, 6.07) is 7.06. The van der Waals surface area contributed by atoms with E-state index in [1.165, 1.54) is 12.1 Å². The normalized spacial score (nSPS) is 12.5. The molecule has 112 valence electrons. The molecule has 0 aliphatic carbocycles. The van der Waals surface area contributed by atoms with Gasteiger partial charge < -0.3 is 5.11 Å². The van der Waals surface area contributed by atoms with Crippen LogP contribution in [0.3, 0.4) is 0 Å². The third-order valence-electron chi connectivity index (χ3n) is 3.09. The number of alkyl halides is 3. The zero-order valence-electron chi connectivity index (χ0n) is 11.9. The number of halogens is 3. The molecule has 0 atom stereocenters. The van der Waals surface area contributed by atoms with E-state index in [2.05, 4.69) is 10.2 Å². The van der Waals surface area contributed by atoms with Crippen LogP contribution in [0.15, 0.2) is 30.3 Å². The minimum absolute atomic E-state index is 0.0444. The van der Waals surface area contributed by atoms with Crippen LogP contribution in [0.25, 0.3) is 11.3 Å². The molecule has 0 unspecified atom stereocenters. The van der Waals surface area contributed by atoms with Gasteiger partial charge in [-0.25, -0.2) is 0 Å². The Balaban J connectivity index is 2.47. The maximum Gasteiger partial charge on any atom is 0.435 e. The van der Waals surface area contributed by atoms with Crippen molar-refractivity contribution in [3.8, 4) is 17.0 Å². The Kier molecular flexibility index (Phi) is 3.65. The third kappa shape index (κ3) is 3.32. The molecular weight excluding hydrogens is 281 g/mol. The molecule has 6 heteroatoms. The third-order valence-corrected chi connectivity index (χ3v) is 3.09. The fourth-order valence-corrected chi connectivity index (χ4v) is 1.83. The second-order valence-electron chi connectivity index (χ2n) is 5.78. The lowest BCUT2D eigenvalue weighted by Gasteiger charge is -2.20. The zero-order valence-corrected chi connectivity index (χ0v) is 11.9. The molecule has 1 heterocycles. The number of rotatable bonds is 1. The van der Waals surface area contributed by atoms with Crippen molar-refractivity contribution in [1.82, 2.24) is 10.2 Å². The van der Waals surface area contributed by atoms with Crippen LogP contribution < -0.4 is 0 Å². The molecule has 0 saturated carbocycles. The van der Waals surface area contributed by atoms with Gasteiger partial charge in [0.05, 0.1) is 5.69 Å². The largest absolute Gasteiger partial charge is 0.507 e. The lowest BCUT2D eigenvalue weighted by molar-refractivity contribution is -0.141. The van der Waals surface area contributed by atoms with Gasteiger partial charge in [-0.3, -0.25) is 0 Å². The molecule has 1 aromatic heterocycles.